The molecule has 2 rings (SSSR count). The van der Waals surface area contributed by atoms with Crippen LogP contribution in [0.3, 0.4) is 0 Å². The number of hydrogen-bond acceptors (Lipinski definition) is 1. The molecule has 3 heteroatoms. The van der Waals surface area contributed by atoms with Crippen LogP contribution in [-0.4, -0.2) is 11.0 Å². The van der Waals surface area contributed by atoms with Crippen molar-refractivity contribution >= 4 is 27.8 Å². The number of nitrogens with zero attached hydrogens (tertiary/aromatic N) is 1. The Bertz CT molecular complexity index is 549. The summed E-state index contributed by atoms with van der Waals surface area (Å²) in [5, 5.41) is 12.0. The normalized spacial score (nSPS) is 11.5. The average Bonchev–Trinajstić information content (AvgIpc) is 2.30. The quantitative estimate of drug-likeness (QED) is 0.355. The van der Waals surface area contributed by atoms with E-state index in [0.29, 0.717) is 5.69 Å². The maximum absolute atomic E-state index is 12.0. The highest BCUT2D eigenvalue weighted by atomic mass is 79.9. The van der Waals surface area contributed by atoms with Crippen molar-refractivity contribution in [2.45, 2.75) is 6.92 Å². The van der Waals surface area contributed by atoms with Gasteiger partial charge in [0.2, 0.25) is 5.69 Å². The lowest BCUT2D eigenvalue weighted by Crippen LogP contribution is -2.00. The van der Waals surface area contributed by atoms with Gasteiger partial charge in [0.25, 0.3) is 0 Å². The molecule has 2 nitrogen and oxygen atoms in total. The largest absolute Gasteiger partial charge is 0.618 e. The molecule has 2 aromatic rings. The van der Waals surface area contributed by atoms with E-state index in [0.717, 1.165) is 20.3 Å². The summed E-state index contributed by atoms with van der Waals surface area (Å²) in [5.74, 6) is 0. The molecule has 0 aliphatic rings. The first-order valence-electron chi connectivity index (χ1n) is 5.29. The first-order chi connectivity index (χ1) is 8.16. The van der Waals surface area contributed by atoms with Gasteiger partial charge in [-0.1, -0.05) is 34.1 Å². The first-order valence-corrected chi connectivity index (χ1v) is 6.08. The van der Waals surface area contributed by atoms with Gasteiger partial charge in [-0.25, -0.2) is 0 Å². The van der Waals surface area contributed by atoms with Crippen molar-refractivity contribution in [1.29, 1.82) is 0 Å². The van der Waals surface area contributed by atoms with Crippen LogP contribution in [-0.2, 0) is 0 Å². The summed E-state index contributed by atoms with van der Waals surface area (Å²) in [5.41, 5.74) is 2.50. The second kappa shape index (κ2) is 5.15. The SMILES string of the molecule is Cc1cc(Br)ccc1[N+]([O-])=Cc1ccccc1. The lowest BCUT2D eigenvalue weighted by molar-refractivity contribution is -0.355. The molecule has 0 radical (unpaired) electrons. The molecule has 0 heterocycles. The summed E-state index contributed by atoms with van der Waals surface area (Å²) < 4.78 is 1.88. The van der Waals surface area contributed by atoms with E-state index >= 15 is 0 Å². The Labute approximate surface area is 109 Å². The lowest BCUT2D eigenvalue weighted by Gasteiger charge is -2.06. The zero-order valence-corrected chi connectivity index (χ0v) is 11.0. The first kappa shape index (κ1) is 11.9. The van der Waals surface area contributed by atoms with Crippen LogP contribution in [0, 0.1) is 12.1 Å². The van der Waals surface area contributed by atoms with Crippen molar-refractivity contribution in [1.82, 2.24) is 0 Å². The van der Waals surface area contributed by atoms with E-state index in [1.807, 2.05) is 55.5 Å². The summed E-state index contributed by atoms with van der Waals surface area (Å²) in [4.78, 5) is 0. The number of halogens is 1. The molecule has 2 aromatic carbocycles. The van der Waals surface area contributed by atoms with Crippen LogP contribution in [0.2, 0.25) is 0 Å². The molecule has 0 atom stereocenters. The Balaban J connectivity index is 2.37. The minimum Gasteiger partial charge on any atom is -0.618 e. The van der Waals surface area contributed by atoms with Crippen LogP contribution in [0.5, 0.6) is 0 Å². The second-order valence-electron chi connectivity index (χ2n) is 3.80. The average molecular weight is 290 g/mol. The van der Waals surface area contributed by atoms with Crippen molar-refractivity contribution in [3.05, 3.63) is 69.3 Å². The topological polar surface area (TPSA) is 26.1 Å². The van der Waals surface area contributed by atoms with Gasteiger partial charge in [0.15, 0.2) is 6.21 Å². The molecule has 0 aliphatic carbocycles. The van der Waals surface area contributed by atoms with E-state index in [-0.39, 0.29) is 0 Å². The Morgan fingerprint density at radius 3 is 2.47 bits per heavy atom. The third kappa shape index (κ3) is 2.94. The molecule has 86 valence electrons. The molecule has 0 spiro atoms. The van der Waals surface area contributed by atoms with Gasteiger partial charge in [0.1, 0.15) is 0 Å². The lowest BCUT2D eigenvalue weighted by atomic mass is 10.2. The van der Waals surface area contributed by atoms with Gasteiger partial charge in [0, 0.05) is 21.7 Å². The summed E-state index contributed by atoms with van der Waals surface area (Å²) in [6.45, 7) is 1.92. The van der Waals surface area contributed by atoms with Crippen LogP contribution in [0.15, 0.2) is 53.0 Å². The van der Waals surface area contributed by atoms with E-state index < -0.39 is 0 Å². The summed E-state index contributed by atoms with van der Waals surface area (Å²) in [6, 6.07) is 15.2. The molecule has 0 bridgehead atoms. The van der Waals surface area contributed by atoms with E-state index in [1.54, 1.807) is 6.21 Å². The van der Waals surface area contributed by atoms with E-state index in [2.05, 4.69) is 15.9 Å². The monoisotopic (exact) mass is 289 g/mol. The molecule has 0 aliphatic heterocycles. The van der Waals surface area contributed by atoms with Gasteiger partial charge >= 0.3 is 0 Å². The maximum atomic E-state index is 12.0. The number of rotatable bonds is 2. The van der Waals surface area contributed by atoms with Crippen molar-refractivity contribution in [2.24, 2.45) is 0 Å². The highest BCUT2D eigenvalue weighted by Gasteiger charge is 2.06. The smallest absolute Gasteiger partial charge is 0.219 e. The van der Waals surface area contributed by atoms with Crippen molar-refractivity contribution in [3.8, 4) is 0 Å². The fraction of sp³-hybridized carbons (Fsp3) is 0.0714. The van der Waals surface area contributed by atoms with E-state index in [4.69, 9.17) is 0 Å². The Morgan fingerprint density at radius 2 is 1.82 bits per heavy atom. The van der Waals surface area contributed by atoms with Crippen LogP contribution in [0.4, 0.5) is 5.69 Å². The molecule has 0 saturated carbocycles. The van der Waals surface area contributed by atoms with Crippen LogP contribution in [0.25, 0.3) is 0 Å². The van der Waals surface area contributed by atoms with E-state index in [1.165, 1.54) is 0 Å². The number of aryl methyl sites for hydroxylation is 1. The maximum Gasteiger partial charge on any atom is 0.219 e. The second-order valence-corrected chi connectivity index (χ2v) is 4.71. The molecular formula is C14H12BrNO. The van der Waals surface area contributed by atoms with E-state index in [9.17, 15) is 5.21 Å². The standard InChI is InChI=1S/C14H12BrNO/c1-11-9-13(15)7-8-14(11)16(17)10-12-5-3-2-4-6-12/h2-10H,1H3. The molecule has 0 N–H and O–H groups in total. The van der Waals surface area contributed by atoms with Gasteiger partial charge in [0.05, 0.1) is 0 Å². The predicted molar refractivity (Wildman–Crippen MR) is 73.8 cm³/mol. The highest BCUT2D eigenvalue weighted by molar-refractivity contribution is 9.10. The van der Waals surface area contributed by atoms with Crippen LogP contribution in [0.1, 0.15) is 11.1 Å². The van der Waals surface area contributed by atoms with Crippen LogP contribution < -0.4 is 0 Å². The van der Waals surface area contributed by atoms with Crippen molar-refractivity contribution in [3.63, 3.8) is 0 Å². The molecule has 0 amide bonds. The zero-order valence-electron chi connectivity index (χ0n) is 9.43. The van der Waals surface area contributed by atoms with Gasteiger partial charge in [-0.15, -0.1) is 0 Å². The van der Waals surface area contributed by atoms with Crippen LogP contribution >= 0.6 is 15.9 Å². The Kier molecular flexibility index (Phi) is 3.59. The number of hydrogen-bond donors (Lipinski definition) is 0. The Morgan fingerprint density at radius 1 is 1.12 bits per heavy atom. The highest BCUT2D eigenvalue weighted by Crippen LogP contribution is 2.21. The predicted octanol–water partition coefficient (Wildman–Crippen LogP) is 4.02. The van der Waals surface area contributed by atoms with Gasteiger partial charge in [-0.2, -0.15) is 4.74 Å². The van der Waals surface area contributed by atoms with Crippen molar-refractivity contribution in [2.75, 3.05) is 0 Å². The minimum atomic E-state index is 0.664. The van der Waals surface area contributed by atoms with Gasteiger partial charge in [-0.3, -0.25) is 0 Å². The van der Waals surface area contributed by atoms with Gasteiger partial charge < -0.3 is 5.21 Å². The Hall–Kier alpha value is -1.61. The molecule has 0 saturated heterocycles. The van der Waals surface area contributed by atoms with Crippen molar-refractivity contribution < 1.29 is 4.74 Å². The molecule has 17 heavy (non-hydrogen) atoms. The third-order valence-corrected chi connectivity index (χ3v) is 2.96. The molecule has 0 fully saturated rings. The summed E-state index contributed by atoms with van der Waals surface area (Å²) >= 11 is 3.38. The van der Waals surface area contributed by atoms with Gasteiger partial charge in [-0.05, 0) is 31.2 Å². The minimum absolute atomic E-state index is 0.664. The molecule has 0 aromatic heterocycles. The molecular weight excluding hydrogens is 278 g/mol. The summed E-state index contributed by atoms with van der Waals surface area (Å²) in [6.07, 6.45) is 1.58. The third-order valence-electron chi connectivity index (χ3n) is 2.46. The fourth-order valence-electron chi connectivity index (χ4n) is 1.61. The number of benzene rings is 2. The zero-order chi connectivity index (χ0) is 12.3. The molecule has 0 unspecified atom stereocenters. The summed E-state index contributed by atoms with van der Waals surface area (Å²) in [7, 11) is 0. The fourth-order valence-corrected chi connectivity index (χ4v) is 2.09.